The summed E-state index contributed by atoms with van der Waals surface area (Å²) in [6, 6.07) is 4.89. The fourth-order valence-corrected chi connectivity index (χ4v) is 1.92. The van der Waals surface area contributed by atoms with Crippen LogP contribution in [0, 0.1) is 5.82 Å². The normalized spacial score (nSPS) is 15.2. The molecule has 3 rings (SSSR count). The van der Waals surface area contributed by atoms with E-state index in [-0.39, 0.29) is 11.7 Å². The van der Waals surface area contributed by atoms with E-state index in [2.05, 4.69) is 10.1 Å². The summed E-state index contributed by atoms with van der Waals surface area (Å²) in [5.74, 6) is 1.24. The van der Waals surface area contributed by atoms with Crippen molar-refractivity contribution < 1.29 is 8.91 Å². The van der Waals surface area contributed by atoms with Crippen LogP contribution in [0.25, 0.3) is 11.5 Å². The fourth-order valence-electron chi connectivity index (χ4n) is 1.81. The number of hydrogen-bond donors (Lipinski definition) is 0. The van der Waals surface area contributed by atoms with E-state index in [9.17, 15) is 4.39 Å². The third kappa shape index (κ3) is 2.05. The van der Waals surface area contributed by atoms with Crippen LogP contribution >= 0.6 is 11.6 Å². The number of benzene rings is 1. The molecular formula is C12H10ClFN2O. The van der Waals surface area contributed by atoms with E-state index < -0.39 is 0 Å². The largest absolute Gasteiger partial charge is 0.334 e. The first-order valence-electron chi connectivity index (χ1n) is 5.46. The highest BCUT2D eigenvalue weighted by Gasteiger charge is 2.27. The van der Waals surface area contributed by atoms with Crippen molar-refractivity contribution >= 4 is 11.6 Å². The van der Waals surface area contributed by atoms with Crippen LogP contribution in [0.15, 0.2) is 22.7 Å². The number of alkyl halides is 1. The first-order valence-corrected chi connectivity index (χ1v) is 6.00. The smallest absolute Gasteiger partial charge is 0.257 e. The highest BCUT2D eigenvalue weighted by atomic mass is 35.5. The summed E-state index contributed by atoms with van der Waals surface area (Å²) in [6.07, 6.45) is 2.11. The van der Waals surface area contributed by atoms with Crippen LogP contribution in [0.4, 0.5) is 4.39 Å². The Hall–Kier alpha value is -1.42. The lowest BCUT2D eigenvalue weighted by Gasteiger charge is -2.02. The van der Waals surface area contributed by atoms with Gasteiger partial charge in [-0.05, 0) is 42.5 Å². The van der Waals surface area contributed by atoms with E-state index in [0.717, 1.165) is 24.0 Å². The average Bonchev–Trinajstić information content (AvgIpc) is 3.07. The van der Waals surface area contributed by atoms with Gasteiger partial charge < -0.3 is 4.52 Å². The van der Waals surface area contributed by atoms with Gasteiger partial charge in [0.1, 0.15) is 5.82 Å². The second-order valence-electron chi connectivity index (χ2n) is 4.16. The molecule has 1 fully saturated rings. The Balaban J connectivity index is 1.99. The van der Waals surface area contributed by atoms with Crippen LogP contribution in [0.2, 0.25) is 0 Å². The first kappa shape index (κ1) is 10.7. The molecule has 0 radical (unpaired) electrons. The fraction of sp³-hybridized carbons (Fsp3) is 0.333. The number of aromatic nitrogens is 2. The van der Waals surface area contributed by atoms with Crippen molar-refractivity contribution in [3.05, 3.63) is 35.4 Å². The van der Waals surface area contributed by atoms with Crippen LogP contribution in [0.1, 0.15) is 30.1 Å². The monoisotopic (exact) mass is 252 g/mol. The Kier molecular flexibility index (Phi) is 2.59. The Morgan fingerprint density at radius 3 is 2.88 bits per heavy atom. The molecule has 0 N–H and O–H groups in total. The van der Waals surface area contributed by atoms with Crippen LogP contribution in [0.3, 0.4) is 0 Å². The van der Waals surface area contributed by atoms with Crippen LogP contribution in [-0.4, -0.2) is 10.1 Å². The van der Waals surface area contributed by atoms with E-state index in [1.165, 1.54) is 6.07 Å². The van der Waals surface area contributed by atoms with Gasteiger partial charge in [0.2, 0.25) is 0 Å². The lowest BCUT2D eigenvalue weighted by Crippen LogP contribution is -1.89. The number of rotatable bonds is 3. The van der Waals surface area contributed by atoms with Crippen molar-refractivity contribution in [3.8, 4) is 11.5 Å². The van der Waals surface area contributed by atoms with Crippen molar-refractivity contribution in [2.24, 2.45) is 0 Å². The van der Waals surface area contributed by atoms with E-state index in [1.807, 2.05) is 0 Å². The minimum atomic E-state index is -0.159. The predicted octanol–water partition coefficient (Wildman–Crippen LogP) is 3.49. The number of hydrogen-bond acceptors (Lipinski definition) is 3. The Bertz CT molecular complexity index is 551. The Morgan fingerprint density at radius 1 is 1.41 bits per heavy atom. The van der Waals surface area contributed by atoms with Gasteiger partial charge >= 0.3 is 0 Å². The molecule has 1 aromatic carbocycles. The molecule has 1 saturated carbocycles. The summed E-state index contributed by atoms with van der Waals surface area (Å²) in [4.78, 5) is 4.12. The molecule has 0 saturated heterocycles. The molecule has 5 heteroatoms. The molecule has 0 bridgehead atoms. The van der Waals surface area contributed by atoms with Crippen molar-refractivity contribution in [2.75, 3.05) is 0 Å². The van der Waals surface area contributed by atoms with Gasteiger partial charge in [0.15, 0.2) is 5.82 Å². The Morgan fingerprint density at radius 2 is 2.24 bits per heavy atom. The zero-order valence-electron chi connectivity index (χ0n) is 8.99. The molecular weight excluding hydrogens is 243 g/mol. The standard InChI is InChI=1S/C12H10ClFN2O/c13-6-11-15-12(17-16-11)8-3-4-10(14)9(5-8)7-1-2-7/h3-5,7H,1-2,6H2. The van der Waals surface area contributed by atoms with Gasteiger partial charge in [-0.2, -0.15) is 4.98 Å². The van der Waals surface area contributed by atoms with Gasteiger partial charge in [-0.15, -0.1) is 11.6 Å². The summed E-state index contributed by atoms with van der Waals surface area (Å²) in [7, 11) is 0. The van der Waals surface area contributed by atoms with Crippen molar-refractivity contribution in [3.63, 3.8) is 0 Å². The molecule has 0 aliphatic heterocycles. The van der Waals surface area contributed by atoms with Gasteiger partial charge in [0, 0.05) is 5.56 Å². The van der Waals surface area contributed by atoms with Crippen LogP contribution < -0.4 is 0 Å². The minimum absolute atomic E-state index is 0.159. The molecule has 0 spiro atoms. The number of halogens is 2. The second-order valence-corrected chi connectivity index (χ2v) is 4.43. The van der Waals surface area contributed by atoms with E-state index in [1.54, 1.807) is 12.1 Å². The molecule has 17 heavy (non-hydrogen) atoms. The molecule has 1 aromatic heterocycles. The molecule has 1 heterocycles. The maximum absolute atomic E-state index is 13.6. The van der Waals surface area contributed by atoms with E-state index in [4.69, 9.17) is 16.1 Å². The lowest BCUT2D eigenvalue weighted by atomic mass is 10.1. The van der Waals surface area contributed by atoms with Gasteiger partial charge in [0.05, 0.1) is 5.88 Å². The summed E-state index contributed by atoms with van der Waals surface area (Å²) in [5.41, 5.74) is 1.49. The summed E-state index contributed by atoms with van der Waals surface area (Å²) < 4.78 is 18.6. The topological polar surface area (TPSA) is 38.9 Å². The maximum atomic E-state index is 13.6. The third-order valence-electron chi connectivity index (χ3n) is 2.85. The second kappa shape index (κ2) is 4.11. The molecule has 0 atom stereocenters. The third-order valence-corrected chi connectivity index (χ3v) is 3.09. The van der Waals surface area contributed by atoms with Gasteiger partial charge in [0.25, 0.3) is 5.89 Å². The molecule has 1 aliphatic carbocycles. The van der Waals surface area contributed by atoms with Crippen LogP contribution in [0.5, 0.6) is 0 Å². The zero-order chi connectivity index (χ0) is 11.8. The summed E-state index contributed by atoms with van der Waals surface area (Å²) >= 11 is 5.60. The van der Waals surface area contributed by atoms with Crippen molar-refractivity contribution in [1.82, 2.24) is 10.1 Å². The Labute approximate surface area is 103 Å². The molecule has 0 unspecified atom stereocenters. The molecule has 0 amide bonds. The summed E-state index contributed by atoms with van der Waals surface area (Å²) in [5, 5.41) is 3.71. The quantitative estimate of drug-likeness (QED) is 0.785. The molecule has 2 aromatic rings. The highest BCUT2D eigenvalue weighted by molar-refractivity contribution is 6.16. The molecule has 1 aliphatic rings. The van der Waals surface area contributed by atoms with Gasteiger partial charge in [-0.3, -0.25) is 0 Å². The number of nitrogens with zero attached hydrogens (tertiary/aromatic N) is 2. The minimum Gasteiger partial charge on any atom is -0.334 e. The molecule has 88 valence electrons. The van der Waals surface area contributed by atoms with Gasteiger partial charge in [-0.25, -0.2) is 4.39 Å². The highest BCUT2D eigenvalue weighted by Crippen LogP contribution is 2.42. The van der Waals surface area contributed by atoms with Gasteiger partial charge in [-0.1, -0.05) is 5.16 Å². The maximum Gasteiger partial charge on any atom is 0.257 e. The predicted molar refractivity (Wildman–Crippen MR) is 61.2 cm³/mol. The van der Waals surface area contributed by atoms with E-state index in [0.29, 0.717) is 17.6 Å². The lowest BCUT2D eigenvalue weighted by molar-refractivity contribution is 0.425. The average molecular weight is 253 g/mol. The summed E-state index contributed by atoms with van der Waals surface area (Å²) in [6.45, 7) is 0. The first-order chi connectivity index (χ1) is 8.28. The van der Waals surface area contributed by atoms with Crippen molar-refractivity contribution in [2.45, 2.75) is 24.6 Å². The SMILES string of the molecule is Fc1ccc(-c2nc(CCl)no2)cc1C1CC1. The molecule has 3 nitrogen and oxygen atoms in total. The zero-order valence-corrected chi connectivity index (χ0v) is 9.75. The van der Waals surface area contributed by atoms with Crippen LogP contribution in [-0.2, 0) is 5.88 Å². The van der Waals surface area contributed by atoms with Crippen molar-refractivity contribution in [1.29, 1.82) is 0 Å². The van der Waals surface area contributed by atoms with E-state index >= 15 is 0 Å².